The zero-order valence-electron chi connectivity index (χ0n) is 12.6. The number of pyridine rings is 1. The van der Waals surface area contributed by atoms with Crippen molar-refractivity contribution in [3.63, 3.8) is 0 Å². The van der Waals surface area contributed by atoms with Crippen molar-refractivity contribution in [2.24, 2.45) is 0 Å². The third-order valence-corrected chi connectivity index (χ3v) is 4.02. The number of benzene rings is 1. The summed E-state index contributed by atoms with van der Waals surface area (Å²) >= 11 is 6.26. The highest BCUT2D eigenvalue weighted by Crippen LogP contribution is 2.32. The molecule has 0 aliphatic rings. The molecule has 0 bridgehead atoms. The van der Waals surface area contributed by atoms with E-state index in [0.717, 1.165) is 37.1 Å². The van der Waals surface area contributed by atoms with Gasteiger partial charge in [0.15, 0.2) is 0 Å². The van der Waals surface area contributed by atoms with E-state index in [1.54, 1.807) is 6.20 Å². The first-order chi connectivity index (χ1) is 10.2. The molecule has 1 aromatic heterocycles. The second kappa shape index (κ2) is 7.59. The topological polar surface area (TPSA) is 48.4 Å². The number of aromatic hydroxyl groups is 1. The quantitative estimate of drug-likeness (QED) is 0.772. The highest BCUT2D eigenvalue weighted by molar-refractivity contribution is 6.35. The number of rotatable bonds is 7. The molecule has 21 heavy (non-hydrogen) atoms. The number of phenolic OH excluding ortho intramolecular Hbond substituents is 1. The Bertz CT molecular complexity index is 599. The number of phenols is 1. The predicted octanol–water partition coefficient (Wildman–Crippen LogP) is 3.03. The molecule has 0 atom stereocenters. The van der Waals surface area contributed by atoms with Crippen molar-refractivity contribution in [2.45, 2.75) is 20.4 Å². The molecule has 0 spiro atoms. The van der Waals surface area contributed by atoms with Gasteiger partial charge in [0, 0.05) is 36.8 Å². The number of hydrogen-bond donors (Lipinski definition) is 2. The molecule has 0 aliphatic heterocycles. The van der Waals surface area contributed by atoms with Gasteiger partial charge in [-0.05, 0) is 31.3 Å². The number of fused-ring (bicyclic) bond motifs is 1. The average Bonchev–Trinajstić information content (AvgIpc) is 2.52. The van der Waals surface area contributed by atoms with Crippen LogP contribution >= 0.6 is 11.6 Å². The van der Waals surface area contributed by atoms with Gasteiger partial charge in [-0.1, -0.05) is 25.4 Å². The van der Waals surface area contributed by atoms with Crippen molar-refractivity contribution in [1.29, 1.82) is 0 Å². The summed E-state index contributed by atoms with van der Waals surface area (Å²) in [5.41, 5.74) is 1.34. The van der Waals surface area contributed by atoms with Crippen LogP contribution in [-0.4, -0.2) is 41.2 Å². The second-order valence-electron chi connectivity index (χ2n) is 4.97. The van der Waals surface area contributed by atoms with Crippen LogP contribution in [0.15, 0.2) is 24.4 Å². The molecule has 0 aliphatic carbocycles. The fraction of sp³-hybridized carbons (Fsp3) is 0.438. The van der Waals surface area contributed by atoms with Gasteiger partial charge in [-0.3, -0.25) is 4.98 Å². The Morgan fingerprint density at radius 3 is 2.81 bits per heavy atom. The zero-order chi connectivity index (χ0) is 15.2. The minimum atomic E-state index is 0.213. The van der Waals surface area contributed by atoms with Crippen LogP contribution in [0.25, 0.3) is 10.9 Å². The van der Waals surface area contributed by atoms with E-state index in [-0.39, 0.29) is 5.75 Å². The monoisotopic (exact) mass is 307 g/mol. The third kappa shape index (κ3) is 3.84. The lowest BCUT2D eigenvalue weighted by Crippen LogP contribution is -2.31. The van der Waals surface area contributed by atoms with Crippen LogP contribution in [-0.2, 0) is 6.54 Å². The predicted molar refractivity (Wildman–Crippen MR) is 87.9 cm³/mol. The van der Waals surface area contributed by atoms with Crippen LogP contribution in [0.3, 0.4) is 0 Å². The molecule has 0 fully saturated rings. The van der Waals surface area contributed by atoms with Crippen LogP contribution in [0.4, 0.5) is 0 Å². The molecule has 1 aromatic carbocycles. The number of hydrogen-bond acceptors (Lipinski definition) is 4. The molecule has 0 saturated carbocycles. The molecule has 0 amide bonds. The number of likely N-dealkylation sites (N-methyl/N-ethyl adjacent to an activating group) is 1. The highest BCUT2D eigenvalue weighted by Gasteiger charge is 2.11. The zero-order valence-corrected chi connectivity index (χ0v) is 13.3. The first-order valence-electron chi connectivity index (χ1n) is 7.35. The molecule has 2 aromatic rings. The minimum absolute atomic E-state index is 0.213. The van der Waals surface area contributed by atoms with Crippen molar-refractivity contribution in [3.05, 3.63) is 35.0 Å². The number of halogens is 1. The third-order valence-electron chi connectivity index (χ3n) is 3.71. The Balaban J connectivity index is 2.04. The minimum Gasteiger partial charge on any atom is -0.505 e. The molecular formula is C16H22ClN3O. The summed E-state index contributed by atoms with van der Waals surface area (Å²) in [7, 11) is 0. The lowest BCUT2D eigenvalue weighted by molar-refractivity contribution is 0.302. The van der Waals surface area contributed by atoms with E-state index in [1.807, 2.05) is 18.2 Å². The SMILES string of the molecule is CCN(CC)CCNCc1cc(Cl)c2cccnc2c1O. The van der Waals surface area contributed by atoms with Crippen LogP contribution in [0.1, 0.15) is 19.4 Å². The van der Waals surface area contributed by atoms with Crippen molar-refractivity contribution >= 4 is 22.5 Å². The van der Waals surface area contributed by atoms with Gasteiger partial charge in [-0.15, -0.1) is 0 Å². The summed E-state index contributed by atoms with van der Waals surface area (Å²) in [6, 6.07) is 5.49. The maximum Gasteiger partial charge on any atom is 0.146 e. The first-order valence-corrected chi connectivity index (χ1v) is 7.73. The van der Waals surface area contributed by atoms with Gasteiger partial charge in [0.25, 0.3) is 0 Å². The lowest BCUT2D eigenvalue weighted by Gasteiger charge is -2.18. The summed E-state index contributed by atoms with van der Waals surface area (Å²) in [5, 5.41) is 15.1. The van der Waals surface area contributed by atoms with Crippen LogP contribution in [0.5, 0.6) is 5.75 Å². The standard InChI is InChI=1S/C16H22ClN3O/c1-3-20(4-2)9-8-18-11-12-10-14(17)13-6-5-7-19-15(13)16(12)21/h5-7,10,18,21H,3-4,8-9,11H2,1-2H3. The van der Waals surface area contributed by atoms with Gasteiger partial charge in [0.1, 0.15) is 11.3 Å². The van der Waals surface area contributed by atoms with Crippen LogP contribution in [0, 0.1) is 0 Å². The van der Waals surface area contributed by atoms with Crippen molar-refractivity contribution in [1.82, 2.24) is 15.2 Å². The molecule has 2 rings (SSSR count). The van der Waals surface area contributed by atoms with Crippen molar-refractivity contribution in [2.75, 3.05) is 26.2 Å². The Hall–Kier alpha value is -1.36. The summed E-state index contributed by atoms with van der Waals surface area (Å²) in [4.78, 5) is 6.56. The van der Waals surface area contributed by atoms with E-state index in [2.05, 4.69) is 29.0 Å². The van der Waals surface area contributed by atoms with Crippen molar-refractivity contribution < 1.29 is 5.11 Å². The number of nitrogens with one attached hydrogen (secondary N) is 1. The van der Waals surface area contributed by atoms with E-state index in [0.29, 0.717) is 17.1 Å². The fourth-order valence-corrected chi connectivity index (χ4v) is 2.66. The molecule has 4 nitrogen and oxygen atoms in total. The summed E-state index contributed by atoms with van der Waals surface area (Å²) < 4.78 is 0. The largest absolute Gasteiger partial charge is 0.505 e. The Kier molecular flexibility index (Phi) is 5.79. The van der Waals surface area contributed by atoms with E-state index in [1.165, 1.54) is 0 Å². The molecular weight excluding hydrogens is 286 g/mol. The smallest absolute Gasteiger partial charge is 0.146 e. The normalized spacial score (nSPS) is 11.4. The van der Waals surface area contributed by atoms with Crippen LogP contribution in [0.2, 0.25) is 5.02 Å². The van der Waals surface area contributed by atoms with E-state index in [9.17, 15) is 5.11 Å². The lowest BCUT2D eigenvalue weighted by atomic mass is 10.1. The summed E-state index contributed by atoms with van der Waals surface area (Å²) in [6.45, 7) is 8.87. The molecule has 0 radical (unpaired) electrons. The maximum absolute atomic E-state index is 10.3. The maximum atomic E-state index is 10.3. The Morgan fingerprint density at radius 2 is 2.10 bits per heavy atom. The van der Waals surface area contributed by atoms with Crippen LogP contribution < -0.4 is 5.32 Å². The van der Waals surface area contributed by atoms with Crippen molar-refractivity contribution in [3.8, 4) is 5.75 Å². The molecule has 0 saturated heterocycles. The van der Waals surface area contributed by atoms with Gasteiger partial charge < -0.3 is 15.3 Å². The fourth-order valence-electron chi connectivity index (χ4n) is 2.37. The summed E-state index contributed by atoms with van der Waals surface area (Å²) in [6.07, 6.45) is 1.66. The Morgan fingerprint density at radius 1 is 1.33 bits per heavy atom. The molecule has 0 unspecified atom stereocenters. The molecule has 1 heterocycles. The van der Waals surface area contributed by atoms with Gasteiger partial charge in [-0.25, -0.2) is 0 Å². The molecule has 5 heteroatoms. The summed E-state index contributed by atoms with van der Waals surface area (Å²) in [5.74, 6) is 0.213. The first kappa shape index (κ1) is 16.0. The molecule has 2 N–H and O–H groups in total. The Labute approximate surface area is 130 Å². The number of nitrogens with zero attached hydrogens (tertiary/aromatic N) is 2. The molecule has 114 valence electrons. The average molecular weight is 308 g/mol. The second-order valence-corrected chi connectivity index (χ2v) is 5.38. The highest BCUT2D eigenvalue weighted by atomic mass is 35.5. The number of aromatic nitrogens is 1. The van der Waals surface area contributed by atoms with Gasteiger partial charge in [0.2, 0.25) is 0 Å². The van der Waals surface area contributed by atoms with Gasteiger partial charge in [0.05, 0.1) is 5.02 Å². The van der Waals surface area contributed by atoms with E-state index in [4.69, 9.17) is 11.6 Å². The van der Waals surface area contributed by atoms with Gasteiger partial charge in [-0.2, -0.15) is 0 Å². The van der Waals surface area contributed by atoms with Gasteiger partial charge >= 0.3 is 0 Å². The van der Waals surface area contributed by atoms with E-state index < -0.39 is 0 Å². The van der Waals surface area contributed by atoms with E-state index >= 15 is 0 Å².